The van der Waals surface area contributed by atoms with Crippen LogP contribution in [0.3, 0.4) is 0 Å². The number of hydrogen-bond acceptors (Lipinski definition) is 7. The molecule has 2 aromatic carbocycles. The molecule has 10 nitrogen and oxygen atoms in total. The Morgan fingerprint density at radius 3 is 2.62 bits per heavy atom. The minimum Gasteiger partial charge on any atom is -0.488 e. The number of ether oxygens (including phenoxy) is 1. The van der Waals surface area contributed by atoms with Gasteiger partial charge in [-0.2, -0.15) is 5.10 Å². The van der Waals surface area contributed by atoms with Crippen LogP contribution in [0, 0.1) is 10.1 Å². The molecular weight excluding hydrogens is 484 g/mol. The molecule has 0 radical (unpaired) electrons. The molecule has 11 heteroatoms. The summed E-state index contributed by atoms with van der Waals surface area (Å²) in [5.41, 5.74) is 3.09. The van der Waals surface area contributed by atoms with Crippen molar-refractivity contribution in [3.05, 3.63) is 97.8 Å². The lowest BCUT2D eigenvalue weighted by Crippen LogP contribution is -2.20. The van der Waals surface area contributed by atoms with E-state index in [2.05, 4.69) is 31.4 Å². The number of aromatic carboxylic acids is 1. The van der Waals surface area contributed by atoms with Gasteiger partial charge < -0.3 is 9.84 Å². The van der Waals surface area contributed by atoms with E-state index in [1.807, 2.05) is 0 Å². The van der Waals surface area contributed by atoms with Crippen molar-refractivity contribution in [1.82, 2.24) is 10.4 Å². The van der Waals surface area contributed by atoms with E-state index in [9.17, 15) is 19.7 Å². The smallest absolute Gasteiger partial charge is 0.335 e. The van der Waals surface area contributed by atoms with Gasteiger partial charge in [0.05, 0.1) is 21.2 Å². The Bertz CT molecular complexity index is 1200. The lowest BCUT2D eigenvalue weighted by Gasteiger charge is -2.09. The number of rotatable bonds is 8. The Morgan fingerprint density at radius 1 is 1.22 bits per heavy atom. The average molecular weight is 499 g/mol. The van der Waals surface area contributed by atoms with Gasteiger partial charge in [0.2, 0.25) is 5.69 Å². The lowest BCUT2D eigenvalue weighted by atomic mass is 10.1. The van der Waals surface area contributed by atoms with Gasteiger partial charge in [0, 0.05) is 12.3 Å². The highest BCUT2D eigenvalue weighted by atomic mass is 79.9. The average Bonchev–Trinajstić information content (AvgIpc) is 2.78. The summed E-state index contributed by atoms with van der Waals surface area (Å²) in [6.07, 6.45) is 2.65. The number of nitrogens with one attached hydrogen (secondary N) is 1. The molecule has 2 N–H and O–H groups in total. The number of carbonyl (C=O) groups excluding carboxylic acids is 1. The van der Waals surface area contributed by atoms with Gasteiger partial charge in [-0.05, 0) is 63.5 Å². The van der Waals surface area contributed by atoms with Crippen LogP contribution < -0.4 is 10.2 Å². The first-order valence-electron chi connectivity index (χ1n) is 9.02. The normalized spacial score (nSPS) is 10.7. The number of amides is 1. The van der Waals surface area contributed by atoms with E-state index in [-0.39, 0.29) is 17.9 Å². The van der Waals surface area contributed by atoms with Crippen LogP contribution in [0.25, 0.3) is 0 Å². The molecule has 0 aliphatic heterocycles. The Morgan fingerprint density at radius 2 is 1.97 bits per heavy atom. The van der Waals surface area contributed by atoms with E-state index < -0.39 is 22.5 Å². The molecule has 0 atom stereocenters. The Labute approximate surface area is 189 Å². The number of hydrazone groups is 1. The highest BCUT2D eigenvalue weighted by Crippen LogP contribution is 2.26. The molecule has 1 aromatic heterocycles. The molecule has 0 unspecified atom stereocenters. The van der Waals surface area contributed by atoms with Crippen molar-refractivity contribution in [2.24, 2.45) is 5.10 Å². The molecule has 3 rings (SSSR count). The van der Waals surface area contributed by atoms with Crippen molar-refractivity contribution in [3.63, 3.8) is 0 Å². The van der Waals surface area contributed by atoms with Gasteiger partial charge in [0.1, 0.15) is 12.4 Å². The molecule has 32 heavy (non-hydrogen) atoms. The molecule has 0 saturated heterocycles. The first-order valence-corrected chi connectivity index (χ1v) is 9.82. The number of carboxylic acid groups (broad SMARTS) is 1. The monoisotopic (exact) mass is 498 g/mol. The number of benzene rings is 2. The number of carboxylic acids is 1. The van der Waals surface area contributed by atoms with Crippen molar-refractivity contribution < 1.29 is 24.4 Å². The summed E-state index contributed by atoms with van der Waals surface area (Å²) >= 11 is 3.40. The van der Waals surface area contributed by atoms with Crippen LogP contribution in [0.2, 0.25) is 0 Å². The van der Waals surface area contributed by atoms with Gasteiger partial charge in [0.15, 0.2) is 0 Å². The largest absolute Gasteiger partial charge is 0.488 e. The van der Waals surface area contributed by atoms with Gasteiger partial charge in [-0.25, -0.2) is 15.2 Å². The summed E-state index contributed by atoms with van der Waals surface area (Å²) in [4.78, 5) is 37.0. The molecule has 3 aromatic rings. The number of halogens is 1. The molecule has 0 fully saturated rings. The number of aromatic nitrogens is 1. The fourth-order valence-electron chi connectivity index (χ4n) is 2.56. The van der Waals surface area contributed by atoms with E-state index in [0.717, 1.165) is 5.56 Å². The highest BCUT2D eigenvalue weighted by Gasteiger charge is 2.20. The van der Waals surface area contributed by atoms with E-state index in [4.69, 9.17) is 9.84 Å². The predicted octanol–water partition coefficient (Wildman–Crippen LogP) is 3.79. The molecule has 0 bridgehead atoms. The third-order valence-electron chi connectivity index (χ3n) is 4.13. The predicted molar refractivity (Wildman–Crippen MR) is 118 cm³/mol. The van der Waals surface area contributed by atoms with E-state index >= 15 is 0 Å². The van der Waals surface area contributed by atoms with Crippen molar-refractivity contribution in [1.29, 1.82) is 0 Å². The van der Waals surface area contributed by atoms with Gasteiger partial charge in [0.25, 0.3) is 5.91 Å². The Balaban J connectivity index is 1.60. The second-order valence-electron chi connectivity index (χ2n) is 6.31. The molecular formula is C21H15BrN4O6. The molecule has 1 heterocycles. The summed E-state index contributed by atoms with van der Waals surface area (Å²) in [7, 11) is 0. The maximum Gasteiger partial charge on any atom is 0.335 e. The number of nitrogens with zero attached hydrogens (tertiary/aromatic N) is 3. The van der Waals surface area contributed by atoms with Crippen LogP contribution >= 0.6 is 15.9 Å². The zero-order chi connectivity index (χ0) is 23.1. The van der Waals surface area contributed by atoms with Crippen LogP contribution in [-0.2, 0) is 6.61 Å². The van der Waals surface area contributed by atoms with Crippen LogP contribution in [-0.4, -0.2) is 33.1 Å². The molecule has 0 aliphatic rings. The maximum atomic E-state index is 12.1. The molecule has 0 saturated carbocycles. The molecule has 0 spiro atoms. The van der Waals surface area contributed by atoms with E-state index in [1.165, 1.54) is 36.7 Å². The second kappa shape index (κ2) is 10.3. The van der Waals surface area contributed by atoms with Crippen LogP contribution in [0.1, 0.15) is 32.0 Å². The third-order valence-corrected chi connectivity index (χ3v) is 4.75. The van der Waals surface area contributed by atoms with Gasteiger partial charge in [-0.15, -0.1) is 0 Å². The van der Waals surface area contributed by atoms with E-state index in [1.54, 1.807) is 30.3 Å². The van der Waals surface area contributed by atoms with Crippen molar-refractivity contribution >= 4 is 39.7 Å². The van der Waals surface area contributed by atoms with Crippen LogP contribution in [0.4, 0.5) is 5.69 Å². The molecule has 162 valence electrons. The number of carbonyl (C=O) groups is 2. The van der Waals surface area contributed by atoms with Crippen molar-refractivity contribution in [3.8, 4) is 5.75 Å². The quantitative estimate of drug-likeness (QED) is 0.273. The summed E-state index contributed by atoms with van der Waals surface area (Å²) < 4.78 is 6.37. The van der Waals surface area contributed by atoms with Crippen molar-refractivity contribution in [2.75, 3.05) is 0 Å². The fourth-order valence-corrected chi connectivity index (χ4v) is 3.07. The summed E-state index contributed by atoms with van der Waals surface area (Å²) in [6, 6.07) is 14.0. The minimum atomic E-state index is -0.994. The standard InChI is InChI=1S/C21H15BrN4O6/c22-16-10-14(11-24-25-20(27)19-17(26(30)31)2-1-9-23-19)5-8-18(16)32-12-13-3-6-15(7-4-13)21(28)29/h1-11H,12H2,(H,25,27)(H,28,29)/b24-11-. The fraction of sp³-hybridized carbons (Fsp3) is 0.0476. The summed E-state index contributed by atoms with van der Waals surface area (Å²) in [5, 5.41) is 23.7. The van der Waals surface area contributed by atoms with Crippen LogP contribution in [0.5, 0.6) is 5.75 Å². The first-order chi connectivity index (χ1) is 15.3. The Kier molecular flexibility index (Phi) is 7.24. The van der Waals surface area contributed by atoms with E-state index in [0.29, 0.717) is 15.8 Å². The zero-order valence-electron chi connectivity index (χ0n) is 16.3. The van der Waals surface area contributed by atoms with Gasteiger partial charge in [-0.3, -0.25) is 14.9 Å². The van der Waals surface area contributed by atoms with Crippen molar-refractivity contribution in [2.45, 2.75) is 6.61 Å². The number of nitro groups is 1. The number of pyridine rings is 1. The second-order valence-corrected chi connectivity index (χ2v) is 7.16. The molecule has 1 amide bonds. The highest BCUT2D eigenvalue weighted by molar-refractivity contribution is 9.10. The Hall–Kier alpha value is -4.12. The topological polar surface area (TPSA) is 144 Å². The molecule has 0 aliphatic carbocycles. The first kappa shape index (κ1) is 22.6. The lowest BCUT2D eigenvalue weighted by molar-refractivity contribution is -0.385. The third kappa shape index (κ3) is 5.73. The summed E-state index contributed by atoms with van der Waals surface area (Å²) in [6.45, 7) is 0.241. The van der Waals surface area contributed by atoms with Crippen LogP contribution in [0.15, 0.2) is 70.4 Å². The van der Waals surface area contributed by atoms with Gasteiger partial charge in [-0.1, -0.05) is 12.1 Å². The zero-order valence-corrected chi connectivity index (χ0v) is 17.9. The van der Waals surface area contributed by atoms with Gasteiger partial charge >= 0.3 is 11.7 Å². The maximum absolute atomic E-state index is 12.1. The SMILES string of the molecule is O=C(O)c1ccc(COc2ccc(/C=N\NC(=O)c3ncccc3[N+](=O)[O-])cc2Br)cc1. The minimum absolute atomic E-state index is 0.198. The summed E-state index contributed by atoms with van der Waals surface area (Å²) in [5.74, 6) is -1.24. The number of hydrogen-bond donors (Lipinski definition) is 2.